The maximum Gasteiger partial charge on any atom is 0.142 e. The number of benzene rings is 2. The van der Waals surface area contributed by atoms with Gasteiger partial charge in [0.15, 0.2) is 0 Å². The Labute approximate surface area is 122 Å². The van der Waals surface area contributed by atoms with E-state index >= 15 is 0 Å². The Morgan fingerprint density at radius 1 is 1.20 bits per heavy atom. The van der Waals surface area contributed by atoms with E-state index in [-0.39, 0.29) is 11.6 Å². The molecule has 0 saturated carbocycles. The van der Waals surface area contributed by atoms with Crippen LogP contribution in [0.15, 0.2) is 42.5 Å². The summed E-state index contributed by atoms with van der Waals surface area (Å²) in [5, 5.41) is 9.78. The van der Waals surface area contributed by atoms with Crippen molar-refractivity contribution in [3.05, 3.63) is 64.4 Å². The molecular formula is C16H16ClFO2. The Hall–Kier alpha value is -1.58. The van der Waals surface area contributed by atoms with Crippen LogP contribution < -0.4 is 4.74 Å². The van der Waals surface area contributed by atoms with Gasteiger partial charge in [0.1, 0.15) is 18.2 Å². The molecular weight excluding hydrogens is 279 g/mol. The molecule has 0 radical (unpaired) electrons. The van der Waals surface area contributed by atoms with Crippen LogP contribution in [0.2, 0.25) is 5.02 Å². The highest BCUT2D eigenvalue weighted by molar-refractivity contribution is 6.31. The molecule has 106 valence electrons. The number of ether oxygens (including phenoxy) is 1. The van der Waals surface area contributed by atoms with Crippen molar-refractivity contribution in [2.45, 2.75) is 26.1 Å². The molecule has 0 aliphatic carbocycles. The number of halogens is 2. The standard InChI is InChI=1S/C16H16ClFO2/c1-2-15(19)11-6-8-13(9-7-11)20-10-12-4-3-5-14(18)16(12)17/h3-9,15,19H,2,10H2,1H3/t15-/m0/s1. The van der Waals surface area contributed by atoms with Gasteiger partial charge in [-0.1, -0.05) is 42.8 Å². The fourth-order valence-electron chi connectivity index (χ4n) is 1.84. The summed E-state index contributed by atoms with van der Waals surface area (Å²) in [6.45, 7) is 2.12. The Balaban J connectivity index is 2.02. The van der Waals surface area contributed by atoms with Crippen molar-refractivity contribution in [3.8, 4) is 5.75 Å². The molecule has 0 heterocycles. The first kappa shape index (κ1) is 14.8. The summed E-state index contributed by atoms with van der Waals surface area (Å²) in [7, 11) is 0. The van der Waals surface area contributed by atoms with Gasteiger partial charge in [0, 0.05) is 5.56 Å². The normalized spacial score (nSPS) is 12.2. The van der Waals surface area contributed by atoms with Crippen molar-refractivity contribution in [2.24, 2.45) is 0 Å². The van der Waals surface area contributed by atoms with E-state index in [0.717, 1.165) is 5.56 Å². The molecule has 2 nitrogen and oxygen atoms in total. The third-order valence-electron chi connectivity index (χ3n) is 3.08. The van der Waals surface area contributed by atoms with Crippen LogP contribution in [0, 0.1) is 5.82 Å². The van der Waals surface area contributed by atoms with Gasteiger partial charge in [0.25, 0.3) is 0 Å². The van der Waals surface area contributed by atoms with E-state index in [1.165, 1.54) is 6.07 Å². The highest BCUT2D eigenvalue weighted by atomic mass is 35.5. The van der Waals surface area contributed by atoms with E-state index in [1.54, 1.807) is 24.3 Å². The maximum absolute atomic E-state index is 13.3. The summed E-state index contributed by atoms with van der Waals surface area (Å²) in [5.74, 6) is 0.201. The Morgan fingerprint density at radius 2 is 1.90 bits per heavy atom. The number of aliphatic hydroxyl groups is 1. The lowest BCUT2D eigenvalue weighted by Crippen LogP contribution is -1.99. The van der Waals surface area contributed by atoms with Gasteiger partial charge < -0.3 is 9.84 Å². The lowest BCUT2D eigenvalue weighted by Gasteiger charge is -2.11. The van der Waals surface area contributed by atoms with Crippen LogP contribution >= 0.6 is 11.6 Å². The highest BCUT2D eigenvalue weighted by Crippen LogP contribution is 2.23. The first-order chi connectivity index (χ1) is 9.61. The quantitative estimate of drug-likeness (QED) is 0.879. The predicted octanol–water partition coefficient (Wildman–Crippen LogP) is 4.50. The summed E-state index contributed by atoms with van der Waals surface area (Å²) in [5.41, 5.74) is 1.45. The topological polar surface area (TPSA) is 29.5 Å². The molecule has 4 heteroatoms. The second-order valence-electron chi connectivity index (χ2n) is 4.49. The molecule has 0 unspecified atom stereocenters. The van der Waals surface area contributed by atoms with Gasteiger partial charge >= 0.3 is 0 Å². The monoisotopic (exact) mass is 294 g/mol. The zero-order valence-electron chi connectivity index (χ0n) is 11.1. The summed E-state index contributed by atoms with van der Waals surface area (Å²) < 4.78 is 18.8. The van der Waals surface area contributed by atoms with Crippen molar-refractivity contribution in [2.75, 3.05) is 0 Å². The SMILES string of the molecule is CC[C@H](O)c1ccc(OCc2cccc(F)c2Cl)cc1. The summed E-state index contributed by atoms with van der Waals surface area (Å²) in [6.07, 6.45) is 0.209. The van der Waals surface area contributed by atoms with Crippen molar-refractivity contribution < 1.29 is 14.2 Å². The van der Waals surface area contributed by atoms with E-state index in [0.29, 0.717) is 17.7 Å². The smallest absolute Gasteiger partial charge is 0.142 e. The summed E-state index contributed by atoms with van der Waals surface area (Å²) in [6, 6.07) is 11.8. The van der Waals surface area contributed by atoms with Crippen LogP contribution in [0.4, 0.5) is 4.39 Å². The van der Waals surface area contributed by atoms with Crippen LogP contribution in [-0.4, -0.2) is 5.11 Å². The van der Waals surface area contributed by atoms with Crippen LogP contribution in [0.5, 0.6) is 5.75 Å². The van der Waals surface area contributed by atoms with E-state index in [9.17, 15) is 9.50 Å². The molecule has 0 bridgehead atoms. The van der Waals surface area contributed by atoms with E-state index in [4.69, 9.17) is 16.3 Å². The van der Waals surface area contributed by atoms with Gasteiger partial charge in [0.05, 0.1) is 11.1 Å². The molecule has 1 atom stereocenters. The van der Waals surface area contributed by atoms with Crippen LogP contribution in [-0.2, 0) is 6.61 Å². The van der Waals surface area contributed by atoms with E-state index in [2.05, 4.69) is 0 Å². The van der Waals surface area contributed by atoms with Gasteiger partial charge in [0.2, 0.25) is 0 Å². The molecule has 0 aromatic heterocycles. The minimum absolute atomic E-state index is 0.0884. The molecule has 2 aromatic rings. The van der Waals surface area contributed by atoms with Gasteiger partial charge in [-0.2, -0.15) is 0 Å². The predicted molar refractivity (Wildman–Crippen MR) is 77.4 cm³/mol. The zero-order chi connectivity index (χ0) is 14.5. The Kier molecular flexibility index (Phi) is 4.99. The Bertz CT molecular complexity index is 569. The molecule has 0 saturated heterocycles. The van der Waals surface area contributed by atoms with Gasteiger partial charge in [-0.3, -0.25) is 0 Å². The molecule has 0 fully saturated rings. The molecule has 2 rings (SSSR count). The molecule has 0 aliphatic rings. The summed E-state index contributed by atoms with van der Waals surface area (Å²) in [4.78, 5) is 0. The van der Waals surface area contributed by atoms with Crippen LogP contribution in [0.3, 0.4) is 0 Å². The van der Waals surface area contributed by atoms with Crippen molar-refractivity contribution >= 4 is 11.6 Å². The number of aliphatic hydroxyl groups excluding tert-OH is 1. The first-order valence-corrected chi connectivity index (χ1v) is 6.83. The van der Waals surface area contributed by atoms with E-state index < -0.39 is 11.9 Å². The zero-order valence-corrected chi connectivity index (χ0v) is 11.9. The number of hydrogen-bond donors (Lipinski definition) is 1. The molecule has 0 aliphatic heterocycles. The maximum atomic E-state index is 13.3. The second kappa shape index (κ2) is 6.73. The molecule has 20 heavy (non-hydrogen) atoms. The minimum atomic E-state index is -0.457. The van der Waals surface area contributed by atoms with Crippen LogP contribution in [0.25, 0.3) is 0 Å². The number of hydrogen-bond acceptors (Lipinski definition) is 2. The van der Waals surface area contributed by atoms with Crippen molar-refractivity contribution in [3.63, 3.8) is 0 Å². The van der Waals surface area contributed by atoms with E-state index in [1.807, 2.05) is 19.1 Å². The van der Waals surface area contributed by atoms with Gasteiger partial charge in [-0.25, -0.2) is 4.39 Å². The third-order valence-corrected chi connectivity index (χ3v) is 3.50. The highest BCUT2D eigenvalue weighted by Gasteiger charge is 2.07. The Morgan fingerprint density at radius 3 is 2.55 bits per heavy atom. The fourth-order valence-corrected chi connectivity index (χ4v) is 2.02. The van der Waals surface area contributed by atoms with Gasteiger partial charge in [-0.15, -0.1) is 0 Å². The average molecular weight is 295 g/mol. The number of rotatable bonds is 5. The largest absolute Gasteiger partial charge is 0.489 e. The molecule has 1 N–H and O–H groups in total. The van der Waals surface area contributed by atoms with Crippen LogP contribution in [0.1, 0.15) is 30.6 Å². The fraction of sp³-hybridized carbons (Fsp3) is 0.250. The van der Waals surface area contributed by atoms with Crippen molar-refractivity contribution in [1.82, 2.24) is 0 Å². The summed E-state index contributed by atoms with van der Waals surface area (Å²) >= 11 is 5.86. The lowest BCUT2D eigenvalue weighted by molar-refractivity contribution is 0.173. The van der Waals surface area contributed by atoms with Crippen molar-refractivity contribution in [1.29, 1.82) is 0 Å². The second-order valence-corrected chi connectivity index (χ2v) is 4.87. The van der Waals surface area contributed by atoms with Gasteiger partial charge in [-0.05, 0) is 30.2 Å². The third kappa shape index (κ3) is 3.50. The molecule has 2 aromatic carbocycles. The minimum Gasteiger partial charge on any atom is -0.489 e. The molecule has 0 amide bonds. The first-order valence-electron chi connectivity index (χ1n) is 6.45. The molecule has 0 spiro atoms. The lowest BCUT2D eigenvalue weighted by atomic mass is 10.1. The average Bonchev–Trinajstić information content (AvgIpc) is 2.48.